The predicted octanol–water partition coefficient (Wildman–Crippen LogP) is 2.19. The van der Waals surface area contributed by atoms with E-state index in [2.05, 4.69) is 0 Å². The summed E-state index contributed by atoms with van der Waals surface area (Å²) in [6.07, 6.45) is -0.128. The van der Waals surface area contributed by atoms with Gasteiger partial charge in [0.05, 0.1) is 19.3 Å². The first-order valence-corrected chi connectivity index (χ1v) is 6.28. The van der Waals surface area contributed by atoms with Crippen molar-refractivity contribution in [2.75, 3.05) is 19.7 Å². The largest absolute Gasteiger partial charge is 0.480 e. The molecule has 2 rings (SSSR count). The van der Waals surface area contributed by atoms with E-state index in [9.17, 15) is 4.79 Å². The summed E-state index contributed by atoms with van der Waals surface area (Å²) in [7, 11) is 0. The number of hydrogen-bond acceptors (Lipinski definition) is 3. The number of rotatable bonds is 3. The van der Waals surface area contributed by atoms with Gasteiger partial charge in [-0.05, 0) is 24.6 Å². The summed E-state index contributed by atoms with van der Waals surface area (Å²) in [6, 6.07) is 7.54. The molecule has 2 atom stereocenters. The summed E-state index contributed by atoms with van der Waals surface area (Å²) in [5.74, 6) is -0.811. The van der Waals surface area contributed by atoms with Gasteiger partial charge in [-0.3, -0.25) is 9.69 Å². The molecule has 1 heterocycles. The van der Waals surface area contributed by atoms with E-state index in [1.807, 2.05) is 36.1 Å². The van der Waals surface area contributed by atoms with Crippen molar-refractivity contribution in [3.8, 4) is 0 Å². The van der Waals surface area contributed by atoms with Crippen LogP contribution < -0.4 is 0 Å². The molecule has 1 aromatic carbocycles. The fraction of sp³-hybridized carbons (Fsp3) is 0.462. The van der Waals surface area contributed by atoms with Crippen molar-refractivity contribution >= 4 is 17.6 Å². The minimum atomic E-state index is -0.811. The fourth-order valence-corrected chi connectivity index (χ4v) is 2.49. The second-order valence-corrected chi connectivity index (χ2v) is 4.89. The van der Waals surface area contributed by atoms with Crippen LogP contribution in [0.2, 0.25) is 5.02 Å². The minimum Gasteiger partial charge on any atom is -0.480 e. The van der Waals surface area contributed by atoms with Gasteiger partial charge in [0.1, 0.15) is 0 Å². The molecule has 1 aliphatic rings. The predicted molar refractivity (Wildman–Crippen MR) is 68.8 cm³/mol. The standard InChI is InChI=1S/C13H16ClNO3/c1-9-13(10-3-2-4-11(14)7-10)18-6-5-15(9)8-12(16)17/h2-4,7,9,13H,5-6,8H2,1H3,(H,16,17). The van der Waals surface area contributed by atoms with Crippen LogP contribution in [0.3, 0.4) is 0 Å². The normalized spacial score (nSPS) is 25.0. The zero-order valence-corrected chi connectivity index (χ0v) is 10.9. The highest BCUT2D eigenvalue weighted by Gasteiger charge is 2.30. The van der Waals surface area contributed by atoms with Crippen molar-refractivity contribution in [3.05, 3.63) is 34.9 Å². The van der Waals surface area contributed by atoms with Crippen LogP contribution >= 0.6 is 11.6 Å². The maximum absolute atomic E-state index is 10.8. The van der Waals surface area contributed by atoms with E-state index >= 15 is 0 Å². The molecule has 1 saturated heterocycles. The molecule has 4 nitrogen and oxygen atoms in total. The molecule has 0 aromatic heterocycles. The van der Waals surface area contributed by atoms with Gasteiger partial charge in [0.15, 0.2) is 0 Å². The van der Waals surface area contributed by atoms with Gasteiger partial charge in [0, 0.05) is 17.6 Å². The molecule has 1 aliphatic heterocycles. The molecule has 1 aromatic rings. The van der Waals surface area contributed by atoms with Crippen LogP contribution in [-0.4, -0.2) is 41.7 Å². The van der Waals surface area contributed by atoms with Gasteiger partial charge in [0.25, 0.3) is 0 Å². The second-order valence-electron chi connectivity index (χ2n) is 4.45. The molecule has 0 aliphatic carbocycles. The number of carboxylic acids is 1. The van der Waals surface area contributed by atoms with Crippen LogP contribution in [0.15, 0.2) is 24.3 Å². The average molecular weight is 270 g/mol. The van der Waals surface area contributed by atoms with Gasteiger partial charge in [-0.2, -0.15) is 0 Å². The van der Waals surface area contributed by atoms with Crippen molar-refractivity contribution in [3.63, 3.8) is 0 Å². The van der Waals surface area contributed by atoms with Gasteiger partial charge < -0.3 is 9.84 Å². The molecule has 1 N–H and O–H groups in total. The molecule has 5 heteroatoms. The summed E-state index contributed by atoms with van der Waals surface area (Å²) in [5.41, 5.74) is 0.991. The number of hydrogen-bond donors (Lipinski definition) is 1. The lowest BCUT2D eigenvalue weighted by atomic mass is 10.0. The Bertz CT molecular complexity index is 438. The Kier molecular flexibility index (Phi) is 4.22. The third-order valence-electron chi connectivity index (χ3n) is 3.21. The molecule has 0 bridgehead atoms. The smallest absolute Gasteiger partial charge is 0.317 e. The number of ether oxygens (including phenoxy) is 1. The Labute approximate surface area is 111 Å². The highest BCUT2D eigenvalue weighted by atomic mass is 35.5. The van der Waals surface area contributed by atoms with E-state index in [0.717, 1.165) is 5.56 Å². The van der Waals surface area contributed by atoms with Gasteiger partial charge in [0.2, 0.25) is 0 Å². The zero-order chi connectivity index (χ0) is 13.1. The number of aliphatic carboxylic acids is 1. The Morgan fingerprint density at radius 1 is 1.61 bits per heavy atom. The highest BCUT2D eigenvalue weighted by Crippen LogP contribution is 2.29. The molecule has 0 saturated carbocycles. The van der Waals surface area contributed by atoms with Crippen LogP contribution in [0.25, 0.3) is 0 Å². The van der Waals surface area contributed by atoms with E-state index in [1.54, 1.807) is 0 Å². The average Bonchev–Trinajstić information content (AvgIpc) is 2.31. The summed E-state index contributed by atoms with van der Waals surface area (Å²) in [6.45, 7) is 3.20. The van der Waals surface area contributed by atoms with Crippen LogP contribution in [0.5, 0.6) is 0 Å². The summed E-state index contributed by atoms with van der Waals surface area (Å²) in [4.78, 5) is 12.7. The van der Waals surface area contributed by atoms with E-state index in [4.69, 9.17) is 21.4 Å². The maximum atomic E-state index is 10.8. The third-order valence-corrected chi connectivity index (χ3v) is 3.44. The van der Waals surface area contributed by atoms with Crippen molar-refractivity contribution in [1.29, 1.82) is 0 Å². The molecule has 0 radical (unpaired) electrons. The van der Waals surface area contributed by atoms with E-state index in [1.165, 1.54) is 0 Å². The molecule has 98 valence electrons. The van der Waals surface area contributed by atoms with Crippen molar-refractivity contribution in [2.45, 2.75) is 19.1 Å². The SMILES string of the molecule is CC1C(c2cccc(Cl)c2)OCCN1CC(=O)O. The summed E-state index contributed by atoms with van der Waals surface area (Å²) in [5, 5.41) is 9.55. The quantitative estimate of drug-likeness (QED) is 0.914. The topological polar surface area (TPSA) is 49.8 Å². The first-order valence-electron chi connectivity index (χ1n) is 5.91. The molecule has 0 amide bonds. The second kappa shape index (κ2) is 5.69. The Morgan fingerprint density at radius 2 is 2.39 bits per heavy atom. The number of halogens is 1. The Balaban J connectivity index is 2.15. The molecule has 0 spiro atoms. The third kappa shape index (κ3) is 3.02. The monoisotopic (exact) mass is 269 g/mol. The van der Waals surface area contributed by atoms with Crippen molar-refractivity contribution in [1.82, 2.24) is 4.90 Å². The summed E-state index contributed by atoms with van der Waals surface area (Å²) < 4.78 is 5.75. The number of morpholine rings is 1. The summed E-state index contributed by atoms with van der Waals surface area (Å²) >= 11 is 5.97. The molecule has 2 unspecified atom stereocenters. The van der Waals surface area contributed by atoms with Crippen molar-refractivity contribution < 1.29 is 14.6 Å². The lowest BCUT2D eigenvalue weighted by Crippen LogP contribution is -2.47. The lowest BCUT2D eigenvalue weighted by Gasteiger charge is -2.38. The number of benzene rings is 1. The Morgan fingerprint density at radius 3 is 3.06 bits per heavy atom. The van der Waals surface area contributed by atoms with E-state index in [-0.39, 0.29) is 18.7 Å². The van der Waals surface area contributed by atoms with Gasteiger partial charge in [-0.1, -0.05) is 23.7 Å². The number of nitrogens with zero attached hydrogens (tertiary/aromatic N) is 1. The highest BCUT2D eigenvalue weighted by molar-refractivity contribution is 6.30. The Hall–Kier alpha value is -1.10. The lowest BCUT2D eigenvalue weighted by molar-refractivity contribution is -0.142. The zero-order valence-electron chi connectivity index (χ0n) is 10.2. The van der Waals surface area contributed by atoms with Crippen LogP contribution in [0, 0.1) is 0 Å². The molecular weight excluding hydrogens is 254 g/mol. The van der Waals surface area contributed by atoms with Crippen molar-refractivity contribution in [2.24, 2.45) is 0 Å². The molecule has 18 heavy (non-hydrogen) atoms. The first kappa shape index (κ1) is 13.3. The van der Waals surface area contributed by atoms with E-state index in [0.29, 0.717) is 18.2 Å². The maximum Gasteiger partial charge on any atom is 0.317 e. The first-order chi connectivity index (χ1) is 8.58. The van der Waals surface area contributed by atoms with Gasteiger partial charge >= 0.3 is 5.97 Å². The van der Waals surface area contributed by atoms with Gasteiger partial charge in [-0.15, -0.1) is 0 Å². The fourth-order valence-electron chi connectivity index (χ4n) is 2.29. The minimum absolute atomic E-state index is 0.0216. The molecule has 1 fully saturated rings. The van der Waals surface area contributed by atoms with Crippen LogP contribution in [0.4, 0.5) is 0 Å². The van der Waals surface area contributed by atoms with Crippen LogP contribution in [-0.2, 0) is 9.53 Å². The van der Waals surface area contributed by atoms with Crippen LogP contribution in [0.1, 0.15) is 18.6 Å². The number of carbonyl (C=O) groups is 1. The number of carboxylic acid groups (broad SMARTS) is 1. The molecular formula is C13H16ClNO3. The van der Waals surface area contributed by atoms with Gasteiger partial charge in [-0.25, -0.2) is 0 Å². The van der Waals surface area contributed by atoms with E-state index < -0.39 is 5.97 Å².